The van der Waals surface area contributed by atoms with Gasteiger partial charge in [0, 0.05) is 22.7 Å². The van der Waals surface area contributed by atoms with Crippen molar-refractivity contribution < 1.29 is 4.39 Å². The first kappa shape index (κ1) is 10.7. The number of halogens is 1. The van der Waals surface area contributed by atoms with Crippen LogP contribution in [0.2, 0.25) is 0 Å². The lowest BCUT2D eigenvalue weighted by atomic mass is 10.1. The minimum atomic E-state index is -0.328. The Balaban J connectivity index is 2.35. The first-order valence-corrected chi connectivity index (χ1v) is 5.48. The lowest BCUT2D eigenvalue weighted by Crippen LogP contribution is -2.11. The SMILES string of the molecule is Cc1cc(-c2c[nH]c3ccc(F)cc23)c(=O)[nH]n1. The monoisotopic (exact) mass is 243 g/mol. The highest BCUT2D eigenvalue weighted by Crippen LogP contribution is 2.26. The molecule has 5 heteroatoms. The molecule has 0 saturated carbocycles. The molecular formula is C13H10FN3O. The summed E-state index contributed by atoms with van der Waals surface area (Å²) in [6.45, 7) is 1.79. The largest absolute Gasteiger partial charge is 0.361 e. The Hall–Kier alpha value is -2.43. The van der Waals surface area contributed by atoms with Crippen LogP contribution in [0.4, 0.5) is 4.39 Å². The van der Waals surface area contributed by atoms with E-state index in [0.717, 1.165) is 5.52 Å². The van der Waals surface area contributed by atoms with Crippen molar-refractivity contribution in [3.05, 3.63) is 52.3 Å². The highest BCUT2D eigenvalue weighted by molar-refractivity contribution is 5.95. The van der Waals surface area contributed by atoms with Gasteiger partial charge in [0.2, 0.25) is 0 Å². The molecule has 1 aromatic carbocycles. The third-order valence-corrected chi connectivity index (χ3v) is 2.87. The Morgan fingerprint density at radius 2 is 2.06 bits per heavy atom. The van der Waals surface area contributed by atoms with Gasteiger partial charge in [-0.05, 0) is 31.2 Å². The van der Waals surface area contributed by atoms with Gasteiger partial charge in [-0.25, -0.2) is 9.49 Å². The van der Waals surface area contributed by atoms with Crippen LogP contribution in [0.5, 0.6) is 0 Å². The minimum Gasteiger partial charge on any atom is -0.361 e. The van der Waals surface area contributed by atoms with Gasteiger partial charge < -0.3 is 4.98 Å². The van der Waals surface area contributed by atoms with Gasteiger partial charge in [0.05, 0.1) is 11.3 Å². The van der Waals surface area contributed by atoms with Crippen LogP contribution in [0.25, 0.3) is 22.0 Å². The van der Waals surface area contributed by atoms with Gasteiger partial charge in [-0.1, -0.05) is 0 Å². The molecule has 18 heavy (non-hydrogen) atoms. The van der Waals surface area contributed by atoms with Gasteiger partial charge in [-0.15, -0.1) is 0 Å². The van der Waals surface area contributed by atoms with Crippen LogP contribution in [0, 0.1) is 12.7 Å². The van der Waals surface area contributed by atoms with Gasteiger partial charge in [-0.3, -0.25) is 4.79 Å². The second-order valence-corrected chi connectivity index (χ2v) is 4.14. The molecule has 0 fully saturated rings. The molecule has 0 bridgehead atoms. The fourth-order valence-corrected chi connectivity index (χ4v) is 2.02. The minimum absolute atomic E-state index is 0.286. The van der Waals surface area contributed by atoms with Crippen molar-refractivity contribution in [2.45, 2.75) is 6.92 Å². The third kappa shape index (κ3) is 1.60. The fourth-order valence-electron chi connectivity index (χ4n) is 2.02. The van der Waals surface area contributed by atoms with E-state index in [1.807, 2.05) is 0 Å². The number of hydrogen-bond donors (Lipinski definition) is 2. The van der Waals surface area contributed by atoms with E-state index in [1.54, 1.807) is 25.3 Å². The predicted molar refractivity (Wildman–Crippen MR) is 66.8 cm³/mol. The van der Waals surface area contributed by atoms with Crippen LogP contribution < -0.4 is 5.56 Å². The maximum absolute atomic E-state index is 13.3. The normalized spacial score (nSPS) is 11.0. The van der Waals surface area contributed by atoms with Crippen LogP contribution in [0.15, 0.2) is 35.3 Å². The Bertz CT molecular complexity index is 788. The molecule has 3 aromatic rings. The number of fused-ring (bicyclic) bond motifs is 1. The summed E-state index contributed by atoms with van der Waals surface area (Å²) in [7, 11) is 0. The molecule has 0 aliphatic heterocycles. The molecule has 3 rings (SSSR count). The zero-order valence-corrected chi connectivity index (χ0v) is 9.62. The van der Waals surface area contributed by atoms with E-state index >= 15 is 0 Å². The van der Waals surface area contributed by atoms with Crippen LogP contribution in [-0.2, 0) is 0 Å². The summed E-state index contributed by atoms with van der Waals surface area (Å²) in [5, 5.41) is 6.93. The van der Waals surface area contributed by atoms with Crippen LogP contribution in [0.1, 0.15) is 5.69 Å². The summed E-state index contributed by atoms with van der Waals surface area (Å²) < 4.78 is 13.3. The highest BCUT2D eigenvalue weighted by Gasteiger charge is 2.10. The summed E-state index contributed by atoms with van der Waals surface area (Å²) in [6, 6.07) is 6.13. The number of benzene rings is 1. The number of aromatic amines is 2. The molecule has 0 aliphatic carbocycles. The second-order valence-electron chi connectivity index (χ2n) is 4.14. The maximum Gasteiger partial charge on any atom is 0.272 e. The van der Waals surface area contributed by atoms with Crippen molar-refractivity contribution in [2.75, 3.05) is 0 Å². The molecule has 2 heterocycles. The molecule has 0 spiro atoms. The van der Waals surface area contributed by atoms with E-state index in [-0.39, 0.29) is 11.4 Å². The average molecular weight is 243 g/mol. The molecule has 2 N–H and O–H groups in total. The van der Waals surface area contributed by atoms with Gasteiger partial charge >= 0.3 is 0 Å². The number of nitrogens with one attached hydrogen (secondary N) is 2. The summed E-state index contributed by atoms with van der Waals surface area (Å²) in [6.07, 6.45) is 1.70. The lowest BCUT2D eigenvalue weighted by Gasteiger charge is -1.99. The van der Waals surface area contributed by atoms with Crippen molar-refractivity contribution in [3.8, 4) is 11.1 Å². The molecule has 0 aliphatic rings. The maximum atomic E-state index is 13.3. The Labute approximate surface area is 101 Å². The number of aryl methyl sites for hydroxylation is 1. The Morgan fingerprint density at radius 1 is 1.22 bits per heavy atom. The van der Waals surface area contributed by atoms with Crippen molar-refractivity contribution in [2.24, 2.45) is 0 Å². The van der Waals surface area contributed by atoms with E-state index in [0.29, 0.717) is 22.2 Å². The van der Waals surface area contributed by atoms with E-state index in [1.165, 1.54) is 12.1 Å². The summed E-state index contributed by atoms with van der Waals surface area (Å²) in [5.41, 5.74) is 2.37. The number of nitrogens with zero attached hydrogens (tertiary/aromatic N) is 1. The van der Waals surface area contributed by atoms with E-state index < -0.39 is 0 Å². The van der Waals surface area contributed by atoms with E-state index in [4.69, 9.17) is 0 Å². The van der Waals surface area contributed by atoms with Gasteiger partial charge in [0.25, 0.3) is 5.56 Å². The second kappa shape index (κ2) is 3.80. The fraction of sp³-hybridized carbons (Fsp3) is 0.0769. The third-order valence-electron chi connectivity index (χ3n) is 2.87. The molecule has 0 amide bonds. The Morgan fingerprint density at radius 3 is 2.89 bits per heavy atom. The van der Waals surface area contributed by atoms with Crippen LogP contribution in [0.3, 0.4) is 0 Å². The molecule has 4 nitrogen and oxygen atoms in total. The summed E-state index contributed by atoms with van der Waals surface area (Å²) in [5.74, 6) is -0.328. The van der Waals surface area contributed by atoms with Gasteiger partial charge in [-0.2, -0.15) is 5.10 Å². The molecule has 0 radical (unpaired) electrons. The van der Waals surface area contributed by atoms with E-state index in [2.05, 4.69) is 15.2 Å². The molecule has 0 unspecified atom stereocenters. The van der Waals surface area contributed by atoms with Crippen molar-refractivity contribution in [1.29, 1.82) is 0 Å². The molecule has 0 saturated heterocycles. The molecule has 90 valence electrons. The van der Waals surface area contributed by atoms with Crippen molar-refractivity contribution >= 4 is 10.9 Å². The smallest absolute Gasteiger partial charge is 0.272 e. The van der Waals surface area contributed by atoms with Crippen LogP contribution >= 0.6 is 0 Å². The Kier molecular flexibility index (Phi) is 2.26. The van der Waals surface area contributed by atoms with Gasteiger partial charge in [0.1, 0.15) is 5.82 Å². The first-order valence-electron chi connectivity index (χ1n) is 5.48. The number of aromatic nitrogens is 3. The standard InChI is InChI=1S/C13H10FN3O/c1-7-4-10(13(18)17-16-7)11-6-15-12-3-2-8(14)5-9(11)12/h2-6,15H,1H3,(H,17,18). The van der Waals surface area contributed by atoms with Crippen molar-refractivity contribution in [3.63, 3.8) is 0 Å². The topological polar surface area (TPSA) is 61.5 Å². The van der Waals surface area contributed by atoms with E-state index in [9.17, 15) is 9.18 Å². The molecule has 2 aromatic heterocycles. The van der Waals surface area contributed by atoms with Gasteiger partial charge in [0.15, 0.2) is 0 Å². The van der Waals surface area contributed by atoms with Crippen LogP contribution in [-0.4, -0.2) is 15.2 Å². The first-order chi connectivity index (χ1) is 8.65. The lowest BCUT2D eigenvalue weighted by molar-refractivity contribution is 0.630. The zero-order valence-electron chi connectivity index (χ0n) is 9.62. The summed E-state index contributed by atoms with van der Waals surface area (Å²) >= 11 is 0. The zero-order chi connectivity index (χ0) is 12.7. The highest BCUT2D eigenvalue weighted by atomic mass is 19.1. The average Bonchev–Trinajstić information content (AvgIpc) is 2.75. The predicted octanol–water partition coefficient (Wildman–Crippen LogP) is 2.37. The number of hydrogen-bond acceptors (Lipinski definition) is 2. The summed E-state index contributed by atoms with van der Waals surface area (Å²) in [4.78, 5) is 14.8. The number of H-pyrrole nitrogens is 2. The molecule has 0 atom stereocenters. The van der Waals surface area contributed by atoms with Crippen molar-refractivity contribution in [1.82, 2.24) is 15.2 Å². The number of rotatable bonds is 1. The molecular weight excluding hydrogens is 233 g/mol. The quantitative estimate of drug-likeness (QED) is 0.689.